The van der Waals surface area contributed by atoms with Crippen molar-refractivity contribution in [1.82, 2.24) is 4.98 Å². The van der Waals surface area contributed by atoms with Crippen LogP contribution in [0.15, 0.2) is 12.1 Å². The maximum Gasteiger partial charge on any atom is 0.433 e. The van der Waals surface area contributed by atoms with E-state index in [4.69, 9.17) is 11.6 Å². The number of alkyl halides is 3. The summed E-state index contributed by atoms with van der Waals surface area (Å²) in [5.74, 6) is 0. The van der Waals surface area contributed by atoms with Gasteiger partial charge < -0.3 is 5.11 Å². The van der Waals surface area contributed by atoms with Crippen molar-refractivity contribution in [2.24, 2.45) is 0 Å². The van der Waals surface area contributed by atoms with Crippen LogP contribution >= 0.6 is 11.6 Å². The zero-order chi connectivity index (χ0) is 14.7. The Balaban J connectivity index is 3.19. The van der Waals surface area contributed by atoms with Crippen LogP contribution in [0.4, 0.5) is 13.2 Å². The second-order valence-electron chi connectivity index (χ2n) is 4.56. The molecule has 0 bridgehead atoms. The Kier molecular flexibility index (Phi) is 5.21. The summed E-state index contributed by atoms with van der Waals surface area (Å²) in [7, 11) is 0. The molecule has 1 N–H and O–H groups in total. The number of pyridine rings is 1. The highest BCUT2D eigenvalue weighted by Crippen LogP contribution is 2.37. The molecular formula is C13H17ClF3NO. The maximum atomic E-state index is 12.5. The van der Waals surface area contributed by atoms with Gasteiger partial charge >= 0.3 is 6.18 Å². The van der Waals surface area contributed by atoms with Crippen LogP contribution in [0.25, 0.3) is 0 Å². The summed E-state index contributed by atoms with van der Waals surface area (Å²) in [6.07, 6.45) is -2.25. The van der Waals surface area contributed by atoms with E-state index in [1.807, 2.05) is 13.8 Å². The van der Waals surface area contributed by atoms with Crippen LogP contribution in [-0.4, -0.2) is 10.1 Å². The Hall–Kier alpha value is -0.810. The molecule has 108 valence electrons. The van der Waals surface area contributed by atoms with Crippen LogP contribution < -0.4 is 0 Å². The Labute approximate surface area is 115 Å². The van der Waals surface area contributed by atoms with E-state index in [-0.39, 0.29) is 10.7 Å². The van der Waals surface area contributed by atoms with E-state index in [1.54, 1.807) is 0 Å². The van der Waals surface area contributed by atoms with Gasteiger partial charge in [-0.2, -0.15) is 13.2 Å². The van der Waals surface area contributed by atoms with E-state index in [0.29, 0.717) is 25.7 Å². The van der Waals surface area contributed by atoms with E-state index in [0.717, 1.165) is 6.07 Å². The number of hydrogen-bond donors (Lipinski definition) is 1. The van der Waals surface area contributed by atoms with Crippen LogP contribution in [0, 0.1) is 0 Å². The van der Waals surface area contributed by atoms with E-state index >= 15 is 0 Å². The average molecular weight is 296 g/mol. The predicted molar refractivity (Wildman–Crippen MR) is 68.0 cm³/mol. The number of nitrogens with zero attached hydrogens (tertiary/aromatic N) is 1. The minimum absolute atomic E-state index is 0.269. The van der Waals surface area contributed by atoms with Gasteiger partial charge in [-0.15, -0.1) is 0 Å². The summed E-state index contributed by atoms with van der Waals surface area (Å²) in [4.78, 5) is 3.36. The lowest BCUT2D eigenvalue weighted by atomic mass is 9.86. The van der Waals surface area contributed by atoms with E-state index in [2.05, 4.69) is 4.98 Å². The zero-order valence-corrected chi connectivity index (χ0v) is 11.6. The van der Waals surface area contributed by atoms with Gasteiger partial charge in [0.05, 0.1) is 5.60 Å². The zero-order valence-electron chi connectivity index (χ0n) is 10.9. The molecule has 0 saturated heterocycles. The van der Waals surface area contributed by atoms with Crippen molar-refractivity contribution in [2.45, 2.75) is 51.3 Å². The lowest BCUT2D eigenvalue weighted by molar-refractivity contribution is -0.141. The normalized spacial score (nSPS) is 12.8. The van der Waals surface area contributed by atoms with Crippen molar-refractivity contribution in [3.8, 4) is 0 Å². The van der Waals surface area contributed by atoms with Gasteiger partial charge in [-0.1, -0.05) is 44.4 Å². The third kappa shape index (κ3) is 3.83. The monoisotopic (exact) mass is 295 g/mol. The molecule has 0 atom stereocenters. The van der Waals surface area contributed by atoms with Crippen LogP contribution in [-0.2, 0) is 11.8 Å². The summed E-state index contributed by atoms with van der Waals surface area (Å²) in [5.41, 5.74) is -1.99. The van der Waals surface area contributed by atoms with Crippen LogP contribution in [0.5, 0.6) is 0 Å². The van der Waals surface area contributed by atoms with Gasteiger partial charge in [0.15, 0.2) is 0 Å². The molecule has 2 nitrogen and oxygen atoms in total. The van der Waals surface area contributed by atoms with Gasteiger partial charge in [-0.05, 0) is 18.9 Å². The molecule has 0 radical (unpaired) electrons. The number of halogens is 4. The first-order valence-corrected chi connectivity index (χ1v) is 6.59. The van der Waals surface area contributed by atoms with Crippen molar-refractivity contribution in [3.63, 3.8) is 0 Å². The van der Waals surface area contributed by atoms with Crippen molar-refractivity contribution < 1.29 is 18.3 Å². The molecule has 0 unspecified atom stereocenters. The van der Waals surface area contributed by atoms with Crippen molar-refractivity contribution in [2.75, 3.05) is 0 Å². The van der Waals surface area contributed by atoms with Gasteiger partial charge in [0, 0.05) is 5.56 Å². The molecule has 0 aliphatic rings. The largest absolute Gasteiger partial charge is 0.433 e. The van der Waals surface area contributed by atoms with E-state index < -0.39 is 17.5 Å². The maximum absolute atomic E-state index is 12.5. The van der Waals surface area contributed by atoms with Gasteiger partial charge in [-0.3, -0.25) is 0 Å². The quantitative estimate of drug-likeness (QED) is 0.809. The van der Waals surface area contributed by atoms with Crippen LogP contribution in [0.2, 0.25) is 5.15 Å². The number of aliphatic hydroxyl groups is 1. The standard InChI is InChI=1S/C13H17ClF3NO/c1-3-7-12(19,8-4-2)9-5-6-10(13(15,16)17)18-11(9)14/h5-6,19H,3-4,7-8H2,1-2H3. The smallest absolute Gasteiger partial charge is 0.385 e. The van der Waals surface area contributed by atoms with Crippen molar-refractivity contribution >= 4 is 11.6 Å². The molecule has 0 aliphatic carbocycles. The van der Waals surface area contributed by atoms with Crippen LogP contribution in [0.3, 0.4) is 0 Å². The van der Waals surface area contributed by atoms with E-state index in [9.17, 15) is 18.3 Å². The van der Waals surface area contributed by atoms with Crippen LogP contribution in [0.1, 0.15) is 50.8 Å². The predicted octanol–water partition coefficient (Wildman–Crippen LogP) is 4.54. The Morgan fingerprint density at radius 2 is 1.68 bits per heavy atom. The molecule has 6 heteroatoms. The molecule has 1 aromatic rings. The first-order valence-electron chi connectivity index (χ1n) is 6.21. The molecule has 19 heavy (non-hydrogen) atoms. The average Bonchev–Trinajstić information content (AvgIpc) is 2.28. The fourth-order valence-electron chi connectivity index (χ4n) is 2.16. The van der Waals surface area contributed by atoms with E-state index in [1.165, 1.54) is 6.07 Å². The SMILES string of the molecule is CCCC(O)(CCC)c1ccc(C(F)(F)F)nc1Cl. The number of rotatable bonds is 5. The highest BCUT2D eigenvalue weighted by atomic mass is 35.5. The first kappa shape index (κ1) is 16.2. The molecular weight excluding hydrogens is 279 g/mol. The topological polar surface area (TPSA) is 33.1 Å². The van der Waals surface area contributed by atoms with Gasteiger partial charge in [-0.25, -0.2) is 4.98 Å². The Morgan fingerprint density at radius 3 is 2.05 bits per heavy atom. The molecule has 0 saturated carbocycles. The summed E-state index contributed by atoms with van der Waals surface area (Å²) in [6.45, 7) is 3.79. The minimum atomic E-state index is -4.53. The van der Waals surface area contributed by atoms with Crippen molar-refractivity contribution in [3.05, 3.63) is 28.5 Å². The first-order chi connectivity index (χ1) is 8.74. The fourth-order valence-corrected chi connectivity index (χ4v) is 2.49. The van der Waals surface area contributed by atoms with Gasteiger partial charge in [0.25, 0.3) is 0 Å². The molecule has 1 rings (SSSR count). The lowest BCUT2D eigenvalue weighted by Gasteiger charge is -2.28. The second-order valence-corrected chi connectivity index (χ2v) is 4.92. The highest BCUT2D eigenvalue weighted by molar-refractivity contribution is 6.30. The molecule has 0 fully saturated rings. The summed E-state index contributed by atoms with van der Waals surface area (Å²) in [6, 6.07) is 2.08. The van der Waals surface area contributed by atoms with Crippen molar-refractivity contribution in [1.29, 1.82) is 0 Å². The molecule has 0 aromatic carbocycles. The molecule has 0 amide bonds. The molecule has 1 heterocycles. The summed E-state index contributed by atoms with van der Waals surface area (Å²) >= 11 is 5.82. The highest BCUT2D eigenvalue weighted by Gasteiger charge is 2.35. The number of aromatic nitrogens is 1. The second kappa shape index (κ2) is 6.09. The summed E-state index contributed by atoms with van der Waals surface area (Å²) in [5, 5.41) is 10.3. The lowest BCUT2D eigenvalue weighted by Crippen LogP contribution is -2.26. The van der Waals surface area contributed by atoms with Gasteiger partial charge in [0.1, 0.15) is 10.8 Å². The number of hydrogen-bond acceptors (Lipinski definition) is 2. The summed E-state index contributed by atoms with van der Waals surface area (Å²) < 4.78 is 37.5. The molecule has 1 aromatic heterocycles. The van der Waals surface area contributed by atoms with Gasteiger partial charge in [0.2, 0.25) is 0 Å². The Morgan fingerprint density at radius 1 is 1.16 bits per heavy atom. The third-order valence-electron chi connectivity index (χ3n) is 2.97. The Bertz CT molecular complexity index is 428. The fraction of sp³-hybridized carbons (Fsp3) is 0.615. The minimum Gasteiger partial charge on any atom is -0.385 e. The third-order valence-corrected chi connectivity index (χ3v) is 3.26. The molecule has 0 spiro atoms. The molecule has 0 aliphatic heterocycles.